The molecule has 4 nitrogen and oxygen atoms in total. The van der Waals surface area contributed by atoms with Crippen molar-refractivity contribution in [3.8, 4) is 22.9 Å². The topological polar surface area (TPSA) is 44.2 Å². The van der Waals surface area contributed by atoms with E-state index in [9.17, 15) is 0 Å². The van der Waals surface area contributed by atoms with Gasteiger partial charge in [-0.15, -0.1) is 10.2 Å². The van der Waals surface area contributed by atoms with E-state index in [1.165, 1.54) is 32.1 Å². The molecule has 0 aliphatic carbocycles. The lowest BCUT2D eigenvalue weighted by Crippen LogP contribution is -2.07. The lowest BCUT2D eigenvalue weighted by molar-refractivity contribution is 0.256. The summed E-state index contributed by atoms with van der Waals surface area (Å²) in [4.78, 5) is 0. The average molecular weight is 371 g/mol. The molecule has 27 heavy (non-hydrogen) atoms. The van der Waals surface area contributed by atoms with Gasteiger partial charge in [0.15, 0.2) is 0 Å². The van der Waals surface area contributed by atoms with Gasteiger partial charge < -0.3 is 9.47 Å². The van der Waals surface area contributed by atoms with Gasteiger partial charge >= 0.3 is 0 Å². The van der Waals surface area contributed by atoms with Gasteiger partial charge in [-0.05, 0) is 42.7 Å². The Hall–Kier alpha value is -2.10. The Kier molecular flexibility index (Phi) is 9.67. The number of hydrogen-bond acceptors (Lipinski definition) is 4. The van der Waals surface area contributed by atoms with Crippen LogP contribution in [0.5, 0.6) is 11.6 Å². The van der Waals surface area contributed by atoms with Gasteiger partial charge in [-0.2, -0.15) is 0 Å². The molecule has 0 N–H and O–H groups in total. The molecular formula is C23H34N2O2. The summed E-state index contributed by atoms with van der Waals surface area (Å²) in [7, 11) is 0. The molecule has 0 fully saturated rings. The first-order valence-electron chi connectivity index (χ1n) is 10.4. The minimum absolute atomic E-state index is 0.569. The smallest absolute Gasteiger partial charge is 0.233 e. The van der Waals surface area contributed by atoms with Crippen LogP contribution in [0.2, 0.25) is 0 Å². The standard InChI is InChI=1S/C23H34N2O2/c1-4-6-7-8-9-10-17-26-23-16-15-22(24-25-23)20-11-13-21(14-12-20)27-18-19(3)5-2/h11-16,19H,4-10,17-18H2,1-3H3. The highest BCUT2D eigenvalue weighted by atomic mass is 16.5. The molecule has 1 aromatic carbocycles. The fourth-order valence-corrected chi connectivity index (χ4v) is 2.69. The number of benzene rings is 1. The molecule has 1 unspecified atom stereocenters. The van der Waals surface area contributed by atoms with Gasteiger partial charge in [0.1, 0.15) is 5.75 Å². The monoisotopic (exact) mass is 370 g/mol. The molecule has 0 saturated carbocycles. The molecule has 1 aromatic heterocycles. The van der Waals surface area contributed by atoms with Gasteiger partial charge in [0.2, 0.25) is 5.88 Å². The van der Waals surface area contributed by atoms with Crippen molar-refractivity contribution >= 4 is 0 Å². The molecule has 4 heteroatoms. The van der Waals surface area contributed by atoms with Crippen LogP contribution in [0.15, 0.2) is 36.4 Å². The number of ether oxygens (including phenoxy) is 2. The molecule has 1 atom stereocenters. The Morgan fingerprint density at radius 3 is 2.22 bits per heavy atom. The Balaban J connectivity index is 1.75. The molecule has 0 aliphatic rings. The molecular weight excluding hydrogens is 336 g/mol. The summed E-state index contributed by atoms with van der Waals surface area (Å²) in [5.74, 6) is 2.06. The lowest BCUT2D eigenvalue weighted by atomic mass is 10.1. The summed E-state index contributed by atoms with van der Waals surface area (Å²) < 4.78 is 11.5. The third kappa shape index (κ3) is 7.98. The number of aromatic nitrogens is 2. The predicted octanol–water partition coefficient (Wildman–Crippen LogP) is 6.31. The van der Waals surface area contributed by atoms with Crippen LogP contribution in [-0.4, -0.2) is 23.4 Å². The van der Waals surface area contributed by atoms with Gasteiger partial charge in [0.25, 0.3) is 0 Å². The zero-order valence-corrected chi connectivity index (χ0v) is 17.1. The van der Waals surface area contributed by atoms with Crippen molar-refractivity contribution in [2.24, 2.45) is 5.92 Å². The molecule has 0 aliphatic heterocycles. The van der Waals surface area contributed by atoms with Crippen LogP contribution in [0.3, 0.4) is 0 Å². The van der Waals surface area contributed by atoms with E-state index in [2.05, 4.69) is 31.0 Å². The first-order valence-corrected chi connectivity index (χ1v) is 10.4. The molecule has 0 bridgehead atoms. The Morgan fingerprint density at radius 1 is 0.815 bits per heavy atom. The number of rotatable bonds is 13. The summed E-state index contributed by atoms with van der Waals surface area (Å²) in [6.07, 6.45) is 8.65. The number of nitrogens with zero attached hydrogens (tertiary/aromatic N) is 2. The SMILES string of the molecule is CCCCCCCCOc1ccc(-c2ccc(OCC(C)CC)cc2)nn1. The van der Waals surface area contributed by atoms with E-state index in [1.807, 2.05) is 36.4 Å². The molecule has 0 radical (unpaired) electrons. The molecule has 0 amide bonds. The van der Waals surface area contributed by atoms with Gasteiger partial charge in [0.05, 0.1) is 18.9 Å². The van der Waals surface area contributed by atoms with Crippen molar-refractivity contribution < 1.29 is 9.47 Å². The maximum atomic E-state index is 5.80. The summed E-state index contributed by atoms with van der Waals surface area (Å²) in [6.45, 7) is 8.07. The van der Waals surface area contributed by atoms with Crippen LogP contribution >= 0.6 is 0 Å². The van der Waals surface area contributed by atoms with Crippen LogP contribution in [0.1, 0.15) is 65.7 Å². The van der Waals surface area contributed by atoms with Gasteiger partial charge in [-0.3, -0.25) is 0 Å². The highest BCUT2D eigenvalue weighted by Gasteiger charge is 2.04. The third-order valence-corrected chi connectivity index (χ3v) is 4.77. The summed E-state index contributed by atoms with van der Waals surface area (Å²) in [5, 5.41) is 8.48. The fourth-order valence-electron chi connectivity index (χ4n) is 2.69. The molecule has 2 rings (SSSR count). The number of unbranched alkanes of at least 4 members (excludes halogenated alkanes) is 5. The van der Waals surface area contributed by atoms with Crippen molar-refractivity contribution in [2.45, 2.75) is 65.7 Å². The Bertz CT molecular complexity index is 626. The number of hydrogen-bond donors (Lipinski definition) is 0. The van der Waals surface area contributed by atoms with Crippen LogP contribution in [-0.2, 0) is 0 Å². The van der Waals surface area contributed by atoms with Crippen molar-refractivity contribution in [2.75, 3.05) is 13.2 Å². The molecule has 0 spiro atoms. The van der Waals surface area contributed by atoms with E-state index in [4.69, 9.17) is 9.47 Å². The first-order chi connectivity index (χ1) is 13.2. The normalized spacial score (nSPS) is 12.0. The van der Waals surface area contributed by atoms with Crippen molar-refractivity contribution in [3.63, 3.8) is 0 Å². The zero-order chi connectivity index (χ0) is 19.3. The zero-order valence-electron chi connectivity index (χ0n) is 17.1. The van der Waals surface area contributed by atoms with Crippen LogP contribution in [0.25, 0.3) is 11.3 Å². The third-order valence-electron chi connectivity index (χ3n) is 4.77. The second-order valence-electron chi connectivity index (χ2n) is 7.22. The first kappa shape index (κ1) is 21.2. The van der Waals surface area contributed by atoms with E-state index in [1.54, 1.807) is 0 Å². The van der Waals surface area contributed by atoms with Gasteiger partial charge in [-0.25, -0.2) is 0 Å². The lowest BCUT2D eigenvalue weighted by Gasteiger charge is -2.11. The minimum atomic E-state index is 0.569. The van der Waals surface area contributed by atoms with E-state index < -0.39 is 0 Å². The predicted molar refractivity (Wildman–Crippen MR) is 111 cm³/mol. The van der Waals surface area contributed by atoms with Gasteiger partial charge in [-0.1, -0.05) is 59.3 Å². The molecule has 1 heterocycles. The molecule has 0 saturated heterocycles. The van der Waals surface area contributed by atoms with Crippen molar-refractivity contribution in [1.82, 2.24) is 10.2 Å². The van der Waals surface area contributed by atoms with Crippen LogP contribution in [0.4, 0.5) is 0 Å². The van der Waals surface area contributed by atoms with Crippen LogP contribution < -0.4 is 9.47 Å². The van der Waals surface area contributed by atoms with E-state index in [-0.39, 0.29) is 0 Å². The quantitative estimate of drug-likeness (QED) is 0.388. The maximum Gasteiger partial charge on any atom is 0.233 e. The second kappa shape index (κ2) is 12.3. The molecule has 148 valence electrons. The maximum absolute atomic E-state index is 5.80. The van der Waals surface area contributed by atoms with Gasteiger partial charge in [0, 0.05) is 11.6 Å². The summed E-state index contributed by atoms with van der Waals surface area (Å²) in [6, 6.07) is 11.9. The molecule has 2 aromatic rings. The average Bonchev–Trinajstić information content (AvgIpc) is 2.72. The highest BCUT2D eigenvalue weighted by Crippen LogP contribution is 2.22. The van der Waals surface area contributed by atoms with E-state index in [0.29, 0.717) is 18.4 Å². The Morgan fingerprint density at radius 2 is 1.56 bits per heavy atom. The summed E-state index contributed by atoms with van der Waals surface area (Å²) >= 11 is 0. The van der Waals surface area contributed by atoms with E-state index >= 15 is 0 Å². The Labute approximate surface area is 164 Å². The highest BCUT2D eigenvalue weighted by molar-refractivity contribution is 5.59. The minimum Gasteiger partial charge on any atom is -0.493 e. The van der Waals surface area contributed by atoms with Crippen molar-refractivity contribution in [1.29, 1.82) is 0 Å². The van der Waals surface area contributed by atoms with Crippen molar-refractivity contribution in [3.05, 3.63) is 36.4 Å². The second-order valence-corrected chi connectivity index (χ2v) is 7.22. The van der Waals surface area contributed by atoms with Crippen LogP contribution in [0, 0.1) is 5.92 Å². The fraction of sp³-hybridized carbons (Fsp3) is 0.565. The van der Waals surface area contributed by atoms with E-state index in [0.717, 1.165) is 36.5 Å². The summed E-state index contributed by atoms with van der Waals surface area (Å²) in [5.41, 5.74) is 1.87. The largest absolute Gasteiger partial charge is 0.493 e.